The van der Waals surface area contributed by atoms with E-state index in [0.29, 0.717) is 36.9 Å². The average Bonchev–Trinajstić information content (AvgIpc) is 2.70. The van der Waals surface area contributed by atoms with Gasteiger partial charge in [0.1, 0.15) is 5.69 Å². The number of carbonyl (C=O) groups is 1. The van der Waals surface area contributed by atoms with Gasteiger partial charge in [-0.05, 0) is 50.1 Å². The number of halogens is 1. The molecule has 0 unspecified atom stereocenters. The minimum atomic E-state index is -0.409. The molecule has 0 radical (unpaired) electrons. The highest BCUT2D eigenvalue weighted by Crippen LogP contribution is 2.31. The van der Waals surface area contributed by atoms with E-state index in [1.54, 1.807) is 12.1 Å². The summed E-state index contributed by atoms with van der Waals surface area (Å²) in [4.78, 5) is 27.8. The number of anilines is 2. The first kappa shape index (κ1) is 21.1. The second kappa shape index (κ2) is 8.80. The molecule has 1 atom stereocenters. The van der Waals surface area contributed by atoms with Crippen LogP contribution in [0, 0.1) is 24.0 Å². The molecule has 0 bridgehead atoms. The van der Waals surface area contributed by atoms with Crippen LogP contribution in [0.15, 0.2) is 36.4 Å². The topological polar surface area (TPSA) is 78.7 Å². The normalized spacial score (nSPS) is 15.8. The van der Waals surface area contributed by atoms with E-state index in [2.05, 4.69) is 10.2 Å². The van der Waals surface area contributed by atoms with Crippen LogP contribution in [-0.4, -0.2) is 48.0 Å². The van der Waals surface area contributed by atoms with E-state index in [1.807, 2.05) is 43.9 Å². The summed E-state index contributed by atoms with van der Waals surface area (Å²) in [6, 6.07) is 10.4. The van der Waals surface area contributed by atoms with Gasteiger partial charge in [0.25, 0.3) is 5.69 Å². The summed E-state index contributed by atoms with van der Waals surface area (Å²) in [6.45, 7) is 8.33. The molecular formula is C21H25ClN4O3. The number of aryl methyl sites for hydroxylation is 2. The first-order chi connectivity index (χ1) is 13.8. The minimum Gasteiger partial charge on any atom is -0.363 e. The van der Waals surface area contributed by atoms with Gasteiger partial charge in [-0.2, -0.15) is 0 Å². The number of hydrogen-bond acceptors (Lipinski definition) is 5. The van der Waals surface area contributed by atoms with E-state index >= 15 is 0 Å². The SMILES string of the molecule is Cc1ccc(C)c(NC(=O)[C@@H](C)N2CCN(c3ccc(Cl)cc3[N+](=O)[O-])CC2)c1. The van der Waals surface area contributed by atoms with Gasteiger partial charge in [-0.3, -0.25) is 19.8 Å². The molecule has 0 saturated carbocycles. The molecule has 154 valence electrons. The third-order valence-electron chi connectivity index (χ3n) is 5.37. The van der Waals surface area contributed by atoms with E-state index < -0.39 is 4.92 Å². The number of benzene rings is 2. The first-order valence-corrected chi connectivity index (χ1v) is 9.95. The molecule has 1 saturated heterocycles. The Morgan fingerprint density at radius 3 is 2.48 bits per heavy atom. The molecule has 0 aliphatic carbocycles. The van der Waals surface area contributed by atoms with Crippen molar-refractivity contribution in [1.82, 2.24) is 4.90 Å². The number of nitrogens with zero attached hydrogens (tertiary/aromatic N) is 3. The Kier molecular flexibility index (Phi) is 6.39. The molecule has 1 aliphatic rings. The number of nitro benzene ring substituents is 1. The molecule has 29 heavy (non-hydrogen) atoms. The van der Waals surface area contributed by atoms with Crippen LogP contribution in [0.25, 0.3) is 0 Å². The molecule has 1 N–H and O–H groups in total. The number of nitrogens with one attached hydrogen (secondary N) is 1. The maximum Gasteiger partial charge on any atom is 0.294 e. The van der Waals surface area contributed by atoms with E-state index in [1.165, 1.54) is 6.07 Å². The number of nitro groups is 1. The monoisotopic (exact) mass is 416 g/mol. The Bertz CT molecular complexity index is 926. The van der Waals surface area contributed by atoms with E-state index in [0.717, 1.165) is 16.8 Å². The standard InChI is InChI=1S/C21H25ClN4O3/c1-14-4-5-15(2)18(12-14)23-21(27)16(3)24-8-10-25(11-9-24)19-7-6-17(22)13-20(19)26(28)29/h4-7,12-13,16H,8-11H2,1-3H3,(H,23,27)/t16-/m1/s1. The molecule has 1 heterocycles. The third-order valence-corrected chi connectivity index (χ3v) is 5.60. The van der Waals surface area contributed by atoms with Gasteiger partial charge in [0.2, 0.25) is 5.91 Å². The largest absolute Gasteiger partial charge is 0.363 e. The minimum absolute atomic E-state index is 0.00617. The molecule has 0 aromatic heterocycles. The van der Waals surface area contributed by atoms with Crippen LogP contribution in [0.3, 0.4) is 0 Å². The van der Waals surface area contributed by atoms with Gasteiger partial charge in [0.15, 0.2) is 0 Å². The van der Waals surface area contributed by atoms with Crippen LogP contribution in [0.2, 0.25) is 5.02 Å². The highest BCUT2D eigenvalue weighted by molar-refractivity contribution is 6.30. The molecule has 0 spiro atoms. The average molecular weight is 417 g/mol. The Hall–Kier alpha value is -2.64. The van der Waals surface area contributed by atoms with Crippen molar-refractivity contribution in [2.45, 2.75) is 26.8 Å². The molecule has 8 heteroatoms. The molecule has 3 rings (SSSR count). The fourth-order valence-corrected chi connectivity index (χ4v) is 3.70. The van der Waals surface area contributed by atoms with Crippen LogP contribution in [0.1, 0.15) is 18.1 Å². The van der Waals surface area contributed by atoms with Crippen LogP contribution >= 0.6 is 11.6 Å². The lowest BCUT2D eigenvalue weighted by Crippen LogP contribution is -2.53. The zero-order chi connectivity index (χ0) is 21.1. The maximum absolute atomic E-state index is 12.7. The van der Waals surface area contributed by atoms with Crippen LogP contribution in [-0.2, 0) is 4.79 Å². The van der Waals surface area contributed by atoms with E-state index in [-0.39, 0.29) is 17.6 Å². The predicted octanol–water partition coefficient (Wildman–Crippen LogP) is 4.01. The number of hydrogen-bond donors (Lipinski definition) is 1. The molecular weight excluding hydrogens is 392 g/mol. The fourth-order valence-electron chi connectivity index (χ4n) is 3.53. The lowest BCUT2D eigenvalue weighted by Gasteiger charge is -2.38. The van der Waals surface area contributed by atoms with Crippen molar-refractivity contribution in [3.8, 4) is 0 Å². The van der Waals surface area contributed by atoms with Crippen LogP contribution in [0.4, 0.5) is 17.1 Å². The van der Waals surface area contributed by atoms with Crippen molar-refractivity contribution < 1.29 is 9.72 Å². The maximum atomic E-state index is 12.7. The van der Waals surface area contributed by atoms with Gasteiger partial charge in [-0.1, -0.05) is 23.7 Å². The molecule has 1 amide bonds. The summed E-state index contributed by atoms with van der Waals surface area (Å²) in [5, 5.41) is 14.7. The highest BCUT2D eigenvalue weighted by atomic mass is 35.5. The van der Waals surface area contributed by atoms with Gasteiger partial charge in [-0.15, -0.1) is 0 Å². The molecule has 1 aliphatic heterocycles. The Labute approximate surface area is 175 Å². The second-order valence-corrected chi connectivity index (χ2v) is 7.83. The van der Waals surface area contributed by atoms with Crippen molar-refractivity contribution in [3.63, 3.8) is 0 Å². The lowest BCUT2D eigenvalue weighted by atomic mass is 10.1. The van der Waals surface area contributed by atoms with Crippen LogP contribution in [0.5, 0.6) is 0 Å². The van der Waals surface area contributed by atoms with Gasteiger partial charge >= 0.3 is 0 Å². The molecule has 1 fully saturated rings. The first-order valence-electron chi connectivity index (χ1n) is 9.57. The Morgan fingerprint density at radius 1 is 1.14 bits per heavy atom. The zero-order valence-corrected chi connectivity index (χ0v) is 17.6. The number of piperazine rings is 1. The van der Waals surface area contributed by atoms with E-state index in [9.17, 15) is 14.9 Å². The zero-order valence-electron chi connectivity index (χ0n) is 16.8. The summed E-state index contributed by atoms with van der Waals surface area (Å²) < 4.78 is 0. The van der Waals surface area contributed by atoms with Gasteiger partial charge in [0.05, 0.1) is 11.0 Å². The molecule has 2 aromatic carbocycles. The van der Waals surface area contributed by atoms with Crippen molar-refractivity contribution in [2.24, 2.45) is 0 Å². The van der Waals surface area contributed by atoms with Gasteiger partial charge in [0, 0.05) is 43.0 Å². The fraction of sp³-hybridized carbons (Fsp3) is 0.381. The summed E-state index contributed by atoms with van der Waals surface area (Å²) >= 11 is 5.91. The highest BCUT2D eigenvalue weighted by Gasteiger charge is 2.28. The quantitative estimate of drug-likeness (QED) is 0.588. The number of amides is 1. The summed E-state index contributed by atoms with van der Waals surface area (Å²) in [7, 11) is 0. The van der Waals surface area contributed by atoms with Gasteiger partial charge < -0.3 is 10.2 Å². The summed E-state index contributed by atoms with van der Waals surface area (Å²) in [5.74, 6) is -0.0513. The number of rotatable bonds is 5. The lowest BCUT2D eigenvalue weighted by molar-refractivity contribution is -0.384. The molecule has 7 nitrogen and oxygen atoms in total. The van der Waals surface area contributed by atoms with Gasteiger partial charge in [-0.25, -0.2) is 0 Å². The third kappa shape index (κ3) is 4.86. The van der Waals surface area contributed by atoms with Crippen LogP contribution < -0.4 is 10.2 Å². The molecule has 2 aromatic rings. The predicted molar refractivity (Wildman–Crippen MR) is 116 cm³/mol. The van der Waals surface area contributed by atoms with Crippen molar-refractivity contribution >= 4 is 34.6 Å². The second-order valence-electron chi connectivity index (χ2n) is 7.40. The Morgan fingerprint density at radius 2 is 1.83 bits per heavy atom. The van der Waals surface area contributed by atoms with Crippen molar-refractivity contribution in [1.29, 1.82) is 0 Å². The summed E-state index contributed by atoms with van der Waals surface area (Å²) in [5.41, 5.74) is 3.52. The summed E-state index contributed by atoms with van der Waals surface area (Å²) in [6.07, 6.45) is 0. The van der Waals surface area contributed by atoms with Crippen molar-refractivity contribution in [2.75, 3.05) is 36.4 Å². The van der Waals surface area contributed by atoms with E-state index in [4.69, 9.17) is 11.6 Å². The Balaban J connectivity index is 1.64. The van der Waals surface area contributed by atoms with Crippen molar-refractivity contribution in [3.05, 3.63) is 62.7 Å². The smallest absolute Gasteiger partial charge is 0.294 e. The number of carbonyl (C=O) groups excluding carboxylic acids is 1.